The molecule has 358 valence electrons. The Hall–Kier alpha value is -3.67. The summed E-state index contributed by atoms with van der Waals surface area (Å²) in [6.45, 7) is 6.34. The third-order valence-corrected chi connectivity index (χ3v) is 10.6. The van der Waals surface area contributed by atoms with Crippen LogP contribution in [0.5, 0.6) is 0 Å². The highest BCUT2D eigenvalue weighted by molar-refractivity contribution is 5.71. The summed E-state index contributed by atoms with van der Waals surface area (Å²) in [5, 5.41) is 0. The van der Waals surface area contributed by atoms with Gasteiger partial charge in [0.15, 0.2) is 6.10 Å². The Morgan fingerprint density at radius 3 is 0.968 bits per heavy atom. The second-order valence-electron chi connectivity index (χ2n) is 16.7. The van der Waals surface area contributed by atoms with Gasteiger partial charge in [-0.05, 0) is 116 Å². The second kappa shape index (κ2) is 51.0. The summed E-state index contributed by atoms with van der Waals surface area (Å²) < 4.78 is 16.8. The van der Waals surface area contributed by atoms with Crippen LogP contribution in [0.4, 0.5) is 0 Å². The molecule has 0 bridgehead atoms. The minimum absolute atomic E-state index is 0.0988. The van der Waals surface area contributed by atoms with Crippen molar-refractivity contribution in [3.8, 4) is 0 Å². The molecule has 6 heteroatoms. The molecule has 0 unspecified atom stereocenters. The lowest BCUT2D eigenvalue weighted by atomic mass is 10.1. The van der Waals surface area contributed by atoms with Gasteiger partial charge in [-0.2, -0.15) is 0 Å². The molecule has 0 aromatic heterocycles. The number of carbonyl (C=O) groups excluding carboxylic acids is 3. The maximum Gasteiger partial charge on any atom is 0.306 e. The molecule has 0 aliphatic heterocycles. The number of carbonyl (C=O) groups is 3. The van der Waals surface area contributed by atoms with Crippen LogP contribution >= 0.6 is 0 Å². The summed E-state index contributed by atoms with van der Waals surface area (Å²) in [4.78, 5) is 38.0. The molecule has 0 rings (SSSR count). The fourth-order valence-electron chi connectivity index (χ4n) is 6.73. The van der Waals surface area contributed by atoms with Crippen molar-refractivity contribution in [3.05, 3.63) is 97.2 Å². The van der Waals surface area contributed by atoms with E-state index >= 15 is 0 Å². The zero-order chi connectivity index (χ0) is 45.8. The fourth-order valence-corrected chi connectivity index (χ4v) is 6.73. The average Bonchev–Trinajstić information content (AvgIpc) is 3.28. The smallest absolute Gasteiger partial charge is 0.306 e. The van der Waals surface area contributed by atoms with Gasteiger partial charge in [-0.25, -0.2) is 0 Å². The van der Waals surface area contributed by atoms with E-state index in [1.807, 2.05) is 0 Å². The van der Waals surface area contributed by atoms with E-state index in [1.54, 1.807) is 0 Å². The van der Waals surface area contributed by atoms with Gasteiger partial charge in [0.25, 0.3) is 0 Å². The third-order valence-electron chi connectivity index (χ3n) is 10.6. The van der Waals surface area contributed by atoms with Gasteiger partial charge < -0.3 is 14.2 Å². The number of esters is 3. The predicted molar refractivity (Wildman–Crippen MR) is 270 cm³/mol. The van der Waals surface area contributed by atoms with Crippen LogP contribution in [0.25, 0.3) is 0 Å². The topological polar surface area (TPSA) is 78.9 Å². The quantitative estimate of drug-likeness (QED) is 0.0262. The van der Waals surface area contributed by atoms with Gasteiger partial charge in [-0.1, -0.05) is 189 Å². The Kier molecular flexibility index (Phi) is 48.0. The highest BCUT2D eigenvalue weighted by atomic mass is 16.6. The van der Waals surface area contributed by atoms with Gasteiger partial charge in [0.1, 0.15) is 13.2 Å². The molecule has 0 radical (unpaired) electrons. The van der Waals surface area contributed by atoms with Crippen molar-refractivity contribution in [2.45, 2.75) is 232 Å². The Balaban J connectivity index is 4.48. The Morgan fingerprint density at radius 1 is 0.333 bits per heavy atom. The molecule has 0 spiro atoms. The monoisotopic (exact) mass is 875 g/mol. The zero-order valence-electron chi connectivity index (χ0n) is 40.8. The van der Waals surface area contributed by atoms with Crippen molar-refractivity contribution in [1.29, 1.82) is 0 Å². The minimum atomic E-state index is -0.800. The van der Waals surface area contributed by atoms with Crippen molar-refractivity contribution in [1.82, 2.24) is 0 Å². The van der Waals surface area contributed by atoms with Crippen LogP contribution in [0.1, 0.15) is 226 Å². The zero-order valence-corrected chi connectivity index (χ0v) is 40.8. The first kappa shape index (κ1) is 59.3. The molecule has 0 saturated carbocycles. The Bertz CT molecular complexity index is 1280. The summed E-state index contributed by atoms with van der Waals surface area (Å²) >= 11 is 0. The van der Waals surface area contributed by atoms with Gasteiger partial charge in [0.05, 0.1) is 0 Å². The molecule has 0 N–H and O–H groups in total. The minimum Gasteiger partial charge on any atom is -0.462 e. The van der Waals surface area contributed by atoms with Crippen LogP contribution in [0.2, 0.25) is 0 Å². The van der Waals surface area contributed by atoms with Crippen molar-refractivity contribution in [2.24, 2.45) is 0 Å². The predicted octanol–water partition coefficient (Wildman–Crippen LogP) is 17.0. The molecule has 0 aromatic carbocycles. The number of ether oxygens (including phenoxy) is 3. The maximum absolute atomic E-state index is 12.8. The van der Waals surface area contributed by atoms with E-state index in [2.05, 4.69) is 118 Å². The molecule has 0 aliphatic carbocycles. The second-order valence-corrected chi connectivity index (χ2v) is 16.7. The summed E-state index contributed by atoms with van der Waals surface area (Å²) in [5.74, 6) is -0.949. The first-order chi connectivity index (χ1) is 31.0. The highest BCUT2D eigenvalue weighted by Crippen LogP contribution is 2.13. The number of hydrogen-bond acceptors (Lipinski definition) is 6. The van der Waals surface area contributed by atoms with Crippen LogP contribution in [0.15, 0.2) is 97.2 Å². The number of hydrogen-bond donors (Lipinski definition) is 0. The van der Waals surface area contributed by atoms with E-state index in [9.17, 15) is 14.4 Å². The van der Waals surface area contributed by atoms with E-state index in [4.69, 9.17) is 14.2 Å². The van der Waals surface area contributed by atoms with Crippen LogP contribution in [0.3, 0.4) is 0 Å². The molecule has 0 amide bonds. The standard InChI is InChI=1S/C57H94O6/c1-4-7-10-13-16-19-22-25-28-31-34-37-40-43-46-49-55(58)61-52-54(63-57(60)51-48-45-42-39-36-33-30-27-24-21-18-15-12-9-6-3)53-62-56(59)50-47-44-41-38-35-32-29-26-23-20-17-14-11-8-5-2/h7,9-10,12,16-21,25-30,54H,4-6,8,11,13-15,22-24,31-53H2,1-3H3/b10-7-,12-9-,19-16-,20-17-,21-18-,28-25-,29-26-,30-27-/t54-/m1/s1. The van der Waals surface area contributed by atoms with Crippen LogP contribution < -0.4 is 0 Å². The van der Waals surface area contributed by atoms with E-state index in [0.717, 1.165) is 161 Å². The molecule has 0 fully saturated rings. The van der Waals surface area contributed by atoms with Gasteiger partial charge in [-0.15, -0.1) is 0 Å². The van der Waals surface area contributed by atoms with Gasteiger partial charge in [-0.3, -0.25) is 14.4 Å². The van der Waals surface area contributed by atoms with Crippen LogP contribution in [0, 0.1) is 0 Å². The Morgan fingerprint density at radius 2 is 0.619 bits per heavy atom. The Labute approximate surface area is 387 Å². The van der Waals surface area contributed by atoms with Crippen molar-refractivity contribution < 1.29 is 28.6 Å². The number of unbranched alkanes of at least 4 members (excludes halogenated alkanes) is 18. The lowest BCUT2D eigenvalue weighted by Gasteiger charge is -2.18. The summed E-state index contributed by atoms with van der Waals surface area (Å²) in [7, 11) is 0. The first-order valence-corrected chi connectivity index (χ1v) is 25.7. The third kappa shape index (κ3) is 49.2. The van der Waals surface area contributed by atoms with E-state index in [0.29, 0.717) is 19.3 Å². The van der Waals surface area contributed by atoms with E-state index in [1.165, 1.54) is 25.7 Å². The van der Waals surface area contributed by atoms with Crippen molar-refractivity contribution in [3.63, 3.8) is 0 Å². The summed E-state index contributed by atoms with van der Waals surface area (Å²) in [6, 6.07) is 0. The van der Waals surface area contributed by atoms with Crippen molar-refractivity contribution in [2.75, 3.05) is 13.2 Å². The van der Waals surface area contributed by atoms with Crippen LogP contribution in [-0.4, -0.2) is 37.2 Å². The summed E-state index contributed by atoms with van der Waals surface area (Å²) in [6.07, 6.45) is 66.7. The fraction of sp³-hybridized carbons (Fsp3) is 0.667. The maximum atomic E-state index is 12.8. The molecule has 0 saturated heterocycles. The molecule has 0 aliphatic rings. The molecule has 0 aromatic rings. The lowest BCUT2D eigenvalue weighted by Crippen LogP contribution is -2.30. The highest BCUT2D eigenvalue weighted by Gasteiger charge is 2.19. The SMILES string of the molecule is CC/C=C\C/C=C\C/C=C\CCCCCCCC(=O)OC[C@H](COC(=O)CCCCCCC/C=C\C/C=C\CCCCC)OC(=O)CCCCCCC/C=C\C/C=C\C/C=C\CC. The molecular formula is C57H94O6. The average molecular weight is 875 g/mol. The largest absolute Gasteiger partial charge is 0.462 e. The van der Waals surface area contributed by atoms with Gasteiger partial charge >= 0.3 is 17.9 Å². The molecule has 63 heavy (non-hydrogen) atoms. The van der Waals surface area contributed by atoms with Gasteiger partial charge in [0.2, 0.25) is 0 Å². The van der Waals surface area contributed by atoms with Crippen molar-refractivity contribution >= 4 is 17.9 Å². The molecule has 1 atom stereocenters. The first-order valence-electron chi connectivity index (χ1n) is 25.7. The molecular weight excluding hydrogens is 781 g/mol. The van der Waals surface area contributed by atoms with E-state index < -0.39 is 6.10 Å². The molecule has 6 nitrogen and oxygen atoms in total. The molecule has 0 heterocycles. The lowest BCUT2D eigenvalue weighted by molar-refractivity contribution is -0.167. The van der Waals surface area contributed by atoms with Gasteiger partial charge in [0, 0.05) is 19.3 Å². The normalized spacial score (nSPS) is 12.9. The number of allylic oxidation sites excluding steroid dienone is 16. The summed E-state index contributed by atoms with van der Waals surface area (Å²) in [5.41, 5.74) is 0. The van der Waals surface area contributed by atoms with Crippen LogP contribution in [-0.2, 0) is 28.6 Å². The number of rotatable bonds is 45. The van der Waals surface area contributed by atoms with E-state index in [-0.39, 0.29) is 31.1 Å².